The Labute approximate surface area is 96.8 Å². The third kappa shape index (κ3) is 2.76. The molecule has 0 aliphatic heterocycles. The van der Waals surface area contributed by atoms with Crippen molar-refractivity contribution in [3.05, 3.63) is 60.1 Å². The average Bonchev–Trinajstić information content (AvgIpc) is 2.31. The Morgan fingerprint density at radius 3 is 2.81 bits per heavy atom. The van der Waals surface area contributed by atoms with Gasteiger partial charge in [-0.3, -0.25) is 9.98 Å². The van der Waals surface area contributed by atoms with Crippen LogP contribution in [-0.2, 0) is 0 Å². The highest BCUT2D eigenvalue weighted by atomic mass is 14.6. The Kier molecular flexibility index (Phi) is 4.40. The first kappa shape index (κ1) is 12.1. The summed E-state index contributed by atoms with van der Waals surface area (Å²) < 4.78 is 0. The zero-order chi connectivity index (χ0) is 12.0. The zero-order valence-electron chi connectivity index (χ0n) is 9.77. The molecule has 0 bridgehead atoms. The molecule has 0 radical (unpaired) electrons. The van der Waals surface area contributed by atoms with Crippen LogP contribution in [0.15, 0.2) is 54.0 Å². The first-order chi connectivity index (χ1) is 7.70. The summed E-state index contributed by atoms with van der Waals surface area (Å²) >= 11 is 0. The number of pyridine rings is 1. The minimum absolute atomic E-state index is 1.10. The van der Waals surface area contributed by atoms with Gasteiger partial charge in [0.15, 0.2) is 0 Å². The molecular weight excluding hydrogens is 196 g/mol. The Balaban J connectivity index is 3.33. The van der Waals surface area contributed by atoms with Crippen LogP contribution in [0.4, 0.5) is 0 Å². The number of hydrogen-bond acceptors (Lipinski definition) is 2. The van der Waals surface area contributed by atoms with Crippen LogP contribution in [0.2, 0.25) is 0 Å². The van der Waals surface area contributed by atoms with Crippen LogP contribution in [0.25, 0.3) is 5.57 Å². The van der Waals surface area contributed by atoms with Gasteiger partial charge >= 0.3 is 0 Å². The van der Waals surface area contributed by atoms with Gasteiger partial charge in [0.05, 0.1) is 0 Å². The van der Waals surface area contributed by atoms with Gasteiger partial charge in [0.1, 0.15) is 0 Å². The molecule has 0 spiro atoms. The maximum Gasteiger partial charge on any atom is 0.0303 e. The molecule has 0 unspecified atom stereocenters. The van der Waals surface area contributed by atoms with Gasteiger partial charge in [0, 0.05) is 18.6 Å². The molecule has 1 aromatic heterocycles. The number of aromatic nitrogens is 1. The molecule has 2 nitrogen and oxygen atoms in total. The monoisotopic (exact) mass is 212 g/mol. The molecule has 0 fully saturated rings. The third-order valence-electron chi connectivity index (χ3n) is 2.39. The van der Waals surface area contributed by atoms with Gasteiger partial charge in [-0.05, 0) is 55.0 Å². The molecule has 0 aliphatic carbocycles. The molecule has 0 saturated carbocycles. The van der Waals surface area contributed by atoms with Crippen molar-refractivity contribution in [1.29, 1.82) is 0 Å². The zero-order valence-corrected chi connectivity index (χ0v) is 9.77. The Morgan fingerprint density at radius 2 is 2.25 bits per heavy atom. The van der Waals surface area contributed by atoms with Crippen LogP contribution in [0.1, 0.15) is 18.1 Å². The summed E-state index contributed by atoms with van der Waals surface area (Å²) in [6, 6.07) is 1.99. The lowest BCUT2D eigenvalue weighted by molar-refractivity contribution is 1.25. The van der Waals surface area contributed by atoms with Gasteiger partial charge < -0.3 is 0 Å². The topological polar surface area (TPSA) is 25.2 Å². The Hall–Kier alpha value is -1.96. The second-order valence-corrected chi connectivity index (χ2v) is 3.49. The van der Waals surface area contributed by atoms with E-state index in [9.17, 15) is 0 Å². The number of aryl methyl sites for hydroxylation is 1. The fourth-order valence-corrected chi connectivity index (χ4v) is 1.45. The molecular formula is C14H16N2. The van der Waals surface area contributed by atoms with Crippen molar-refractivity contribution in [2.75, 3.05) is 0 Å². The van der Waals surface area contributed by atoms with Crippen LogP contribution < -0.4 is 0 Å². The summed E-state index contributed by atoms with van der Waals surface area (Å²) in [5.74, 6) is 0. The molecule has 0 atom stereocenters. The third-order valence-corrected chi connectivity index (χ3v) is 2.39. The van der Waals surface area contributed by atoms with Gasteiger partial charge in [-0.1, -0.05) is 12.7 Å². The van der Waals surface area contributed by atoms with Crippen molar-refractivity contribution in [3.63, 3.8) is 0 Å². The van der Waals surface area contributed by atoms with Gasteiger partial charge in [-0.2, -0.15) is 0 Å². The van der Waals surface area contributed by atoms with E-state index in [0.717, 1.165) is 22.3 Å². The molecule has 0 saturated heterocycles. The van der Waals surface area contributed by atoms with E-state index >= 15 is 0 Å². The van der Waals surface area contributed by atoms with Crippen molar-refractivity contribution in [3.8, 4) is 0 Å². The van der Waals surface area contributed by atoms with Crippen LogP contribution in [0, 0.1) is 6.92 Å². The summed E-state index contributed by atoms with van der Waals surface area (Å²) in [7, 11) is 0. The van der Waals surface area contributed by atoms with Gasteiger partial charge in [-0.25, -0.2) is 0 Å². The minimum atomic E-state index is 1.10. The first-order valence-corrected chi connectivity index (χ1v) is 5.07. The normalized spacial score (nSPS) is 12.4. The number of nitrogens with zero attached hydrogens (tertiary/aromatic N) is 2. The van der Waals surface area contributed by atoms with Crippen LogP contribution >= 0.6 is 0 Å². The Morgan fingerprint density at radius 1 is 1.50 bits per heavy atom. The highest BCUT2D eigenvalue weighted by Gasteiger charge is 2.03. The quantitative estimate of drug-likeness (QED) is 0.553. The molecule has 0 amide bonds. The number of hydrogen-bond donors (Lipinski definition) is 0. The van der Waals surface area contributed by atoms with E-state index < -0.39 is 0 Å². The summed E-state index contributed by atoms with van der Waals surface area (Å²) in [6.45, 7) is 11.3. The lowest BCUT2D eigenvalue weighted by atomic mass is 9.98. The predicted molar refractivity (Wildman–Crippen MR) is 70.5 cm³/mol. The van der Waals surface area contributed by atoms with E-state index in [1.807, 2.05) is 38.3 Å². The van der Waals surface area contributed by atoms with Crippen molar-refractivity contribution in [1.82, 2.24) is 4.98 Å². The van der Waals surface area contributed by atoms with E-state index in [1.165, 1.54) is 0 Å². The summed E-state index contributed by atoms with van der Waals surface area (Å²) in [5.41, 5.74) is 4.48. The molecule has 0 aromatic carbocycles. The number of rotatable bonds is 4. The predicted octanol–water partition coefficient (Wildman–Crippen LogP) is 3.56. The van der Waals surface area contributed by atoms with Gasteiger partial charge in [0.2, 0.25) is 0 Å². The molecule has 1 heterocycles. The second-order valence-electron chi connectivity index (χ2n) is 3.49. The molecule has 1 aromatic rings. The minimum Gasteiger partial charge on any atom is -0.272 e. The van der Waals surface area contributed by atoms with Gasteiger partial charge in [0.25, 0.3) is 0 Å². The lowest BCUT2D eigenvalue weighted by Gasteiger charge is -2.08. The first-order valence-electron chi connectivity index (χ1n) is 5.07. The molecule has 0 aliphatic rings. The van der Waals surface area contributed by atoms with Crippen molar-refractivity contribution in [2.24, 2.45) is 4.99 Å². The maximum absolute atomic E-state index is 4.08. The fourth-order valence-electron chi connectivity index (χ4n) is 1.45. The summed E-state index contributed by atoms with van der Waals surface area (Å²) in [6.07, 6.45) is 9.09. The molecule has 1 rings (SSSR count). The molecule has 0 N–H and O–H groups in total. The van der Waals surface area contributed by atoms with Crippen LogP contribution in [-0.4, -0.2) is 11.7 Å². The molecule has 16 heavy (non-hydrogen) atoms. The van der Waals surface area contributed by atoms with E-state index in [2.05, 4.69) is 23.3 Å². The second kappa shape index (κ2) is 5.81. The fraction of sp³-hybridized carbons (Fsp3) is 0.143. The highest BCUT2D eigenvalue weighted by molar-refractivity contribution is 5.79. The van der Waals surface area contributed by atoms with Gasteiger partial charge in [-0.15, -0.1) is 0 Å². The van der Waals surface area contributed by atoms with Crippen LogP contribution in [0.3, 0.4) is 0 Å². The average molecular weight is 212 g/mol. The standard InChI is InChI=1S/C14H16N2/c1-5-11(2)13(6-8-15-4)14-7-9-16-10-12(14)3/h5-10H,1,4H2,2-3H3/b8-6-,13-11-. The highest BCUT2D eigenvalue weighted by Crippen LogP contribution is 2.23. The lowest BCUT2D eigenvalue weighted by Crippen LogP contribution is -1.90. The number of aliphatic imine (C=N–C) groups is 1. The van der Waals surface area contributed by atoms with E-state index in [0.29, 0.717) is 0 Å². The van der Waals surface area contributed by atoms with E-state index in [-0.39, 0.29) is 0 Å². The molecule has 2 heteroatoms. The summed E-state index contributed by atoms with van der Waals surface area (Å²) in [4.78, 5) is 7.82. The summed E-state index contributed by atoms with van der Waals surface area (Å²) in [5, 5.41) is 0. The largest absolute Gasteiger partial charge is 0.272 e. The SMILES string of the molecule is C=C/C(C)=C(/C=C\N=C)c1ccncc1C. The van der Waals surface area contributed by atoms with Crippen molar-refractivity contribution < 1.29 is 0 Å². The Bertz CT molecular complexity index is 454. The van der Waals surface area contributed by atoms with Crippen molar-refractivity contribution >= 4 is 12.3 Å². The number of allylic oxidation sites excluding steroid dienone is 4. The smallest absolute Gasteiger partial charge is 0.0303 e. The van der Waals surface area contributed by atoms with E-state index in [1.54, 1.807) is 12.4 Å². The van der Waals surface area contributed by atoms with Crippen molar-refractivity contribution in [2.45, 2.75) is 13.8 Å². The van der Waals surface area contributed by atoms with E-state index in [4.69, 9.17) is 0 Å². The maximum atomic E-state index is 4.08. The molecule has 82 valence electrons. The van der Waals surface area contributed by atoms with Crippen LogP contribution in [0.5, 0.6) is 0 Å².